The lowest BCUT2D eigenvalue weighted by Gasteiger charge is -2.10. The molecule has 0 aromatic carbocycles. The maximum absolute atomic E-state index is 10.0. The molecule has 1 rings (SSSR count). The standard InChI is InChI=1S/C7H11NO2/c1-8(6-2-3-6)5-4-7(9)10/h4-6H,2-3H2,1H3,(H,9,10). The zero-order chi connectivity index (χ0) is 7.56. The highest BCUT2D eigenvalue weighted by molar-refractivity contribution is 5.79. The first-order valence-corrected chi connectivity index (χ1v) is 3.33. The summed E-state index contributed by atoms with van der Waals surface area (Å²) in [6, 6.07) is 0.593. The van der Waals surface area contributed by atoms with Gasteiger partial charge in [-0.05, 0) is 12.8 Å². The van der Waals surface area contributed by atoms with Crippen LogP contribution in [-0.4, -0.2) is 29.1 Å². The zero-order valence-electron chi connectivity index (χ0n) is 5.95. The van der Waals surface area contributed by atoms with E-state index in [9.17, 15) is 4.79 Å². The summed E-state index contributed by atoms with van der Waals surface area (Å²) in [7, 11) is 1.90. The van der Waals surface area contributed by atoms with Gasteiger partial charge < -0.3 is 10.0 Å². The first kappa shape index (κ1) is 7.12. The van der Waals surface area contributed by atoms with Crippen LogP contribution in [0.15, 0.2) is 12.3 Å². The summed E-state index contributed by atoms with van der Waals surface area (Å²) in [5.74, 6) is -0.882. The predicted molar refractivity (Wildman–Crippen MR) is 37.6 cm³/mol. The van der Waals surface area contributed by atoms with Crippen LogP contribution in [0.5, 0.6) is 0 Å². The Morgan fingerprint density at radius 2 is 2.30 bits per heavy atom. The van der Waals surface area contributed by atoms with E-state index in [1.165, 1.54) is 18.9 Å². The Morgan fingerprint density at radius 1 is 1.70 bits per heavy atom. The van der Waals surface area contributed by atoms with Crippen LogP contribution in [0.1, 0.15) is 12.8 Å². The van der Waals surface area contributed by atoms with Crippen molar-refractivity contribution in [2.24, 2.45) is 0 Å². The van der Waals surface area contributed by atoms with E-state index in [1.807, 2.05) is 11.9 Å². The van der Waals surface area contributed by atoms with Crippen LogP contribution >= 0.6 is 0 Å². The molecule has 0 aromatic heterocycles. The van der Waals surface area contributed by atoms with E-state index in [4.69, 9.17) is 5.11 Å². The Bertz CT molecular complexity index is 161. The minimum Gasteiger partial charge on any atom is -0.478 e. The molecule has 0 aromatic rings. The third-order valence-electron chi connectivity index (χ3n) is 1.58. The van der Waals surface area contributed by atoms with Crippen molar-refractivity contribution in [2.45, 2.75) is 18.9 Å². The number of rotatable bonds is 3. The Hall–Kier alpha value is -0.990. The van der Waals surface area contributed by atoms with Gasteiger partial charge in [-0.3, -0.25) is 0 Å². The average Bonchev–Trinajstić information content (AvgIpc) is 2.63. The van der Waals surface area contributed by atoms with Gasteiger partial charge in [0.1, 0.15) is 0 Å². The van der Waals surface area contributed by atoms with Gasteiger partial charge >= 0.3 is 5.97 Å². The molecule has 0 saturated heterocycles. The molecule has 0 spiro atoms. The molecular weight excluding hydrogens is 130 g/mol. The largest absolute Gasteiger partial charge is 0.478 e. The number of hydrogen-bond acceptors (Lipinski definition) is 2. The van der Waals surface area contributed by atoms with Crippen LogP contribution in [0.25, 0.3) is 0 Å². The Balaban J connectivity index is 2.28. The highest BCUT2D eigenvalue weighted by Crippen LogP contribution is 2.25. The topological polar surface area (TPSA) is 40.5 Å². The lowest BCUT2D eigenvalue weighted by atomic mass is 10.5. The Kier molecular flexibility index (Phi) is 1.94. The summed E-state index contributed by atoms with van der Waals surface area (Å²) < 4.78 is 0. The van der Waals surface area contributed by atoms with Gasteiger partial charge in [0.05, 0.1) is 0 Å². The maximum atomic E-state index is 10.0. The van der Waals surface area contributed by atoms with Gasteiger partial charge in [0.15, 0.2) is 0 Å². The second-order valence-corrected chi connectivity index (χ2v) is 2.55. The molecule has 1 saturated carbocycles. The highest BCUT2D eigenvalue weighted by Gasteiger charge is 2.23. The third-order valence-corrected chi connectivity index (χ3v) is 1.58. The van der Waals surface area contributed by atoms with Crippen molar-refractivity contribution in [1.82, 2.24) is 4.90 Å². The summed E-state index contributed by atoms with van der Waals surface area (Å²) in [5, 5.41) is 8.25. The highest BCUT2D eigenvalue weighted by atomic mass is 16.4. The van der Waals surface area contributed by atoms with Crippen LogP contribution in [0.2, 0.25) is 0 Å². The number of aliphatic carboxylic acids is 1. The molecule has 1 fully saturated rings. The summed E-state index contributed by atoms with van der Waals surface area (Å²) >= 11 is 0. The molecule has 0 amide bonds. The van der Waals surface area contributed by atoms with E-state index in [1.54, 1.807) is 6.20 Å². The summed E-state index contributed by atoms with van der Waals surface area (Å²) in [6.07, 6.45) is 5.17. The number of hydrogen-bond donors (Lipinski definition) is 1. The fourth-order valence-corrected chi connectivity index (χ4v) is 0.785. The normalized spacial score (nSPS) is 17.7. The number of carboxylic acids is 1. The molecule has 1 N–H and O–H groups in total. The smallest absolute Gasteiger partial charge is 0.329 e. The van der Waals surface area contributed by atoms with Gasteiger partial charge in [0.2, 0.25) is 0 Å². The van der Waals surface area contributed by atoms with Gasteiger partial charge in [-0.25, -0.2) is 4.79 Å². The fourth-order valence-electron chi connectivity index (χ4n) is 0.785. The number of carboxylic acid groups (broad SMARTS) is 1. The van der Waals surface area contributed by atoms with Gasteiger partial charge in [-0.2, -0.15) is 0 Å². The lowest BCUT2D eigenvalue weighted by Crippen LogP contribution is -2.13. The second kappa shape index (κ2) is 2.73. The van der Waals surface area contributed by atoms with E-state index in [0.29, 0.717) is 6.04 Å². The van der Waals surface area contributed by atoms with Crippen molar-refractivity contribution in [3.63, 3.8) is 0 Å². The predicted octanol–water partition coefficient (Wildman–Crippen LogP) is 0.679. The van der Waals surface area contributed by atoms with E-state index >= 15 is 0 Å². The second-order valence-electron chi connectivity index (χ2n) is 2.55. The quantitative estimate of drug-likeness (QED) is 0.587. The van der Waals surface area contributed by atoms with Gasteiger partial charge in [-0.1, -0.05) is 0 Å². The SMILES string of the molecule is CN(C=CC(=O)O)C1CC1. The van der Waals surface area contributed by atoms with Crippen molar-refractivity contribution in [1.29, 1.82) is 0 Å². The minimum atomic E-state index is -0.882. The fraction of sp³-hybridized carbons (Fsp3) is 0.571. The molecule has 3 nitrogen and oxygen atoms in total. The summed E-state index contributed by atoms with van der Waals surface area (Å²) in [5.41, 5.74) is 0. The van der Waals surface area contributed by atoms with E-state index < -0.39 is 5.97 Å². The molecule has 0 atom stereocenters. The van der Waals surface area contributed by atoms with Crippen molar-refractivity contribution in [3.8, 4) is 0 Å². The molecule has 0 bridgehead atoms. The lowest BCUT2D eigenvalue weighted by molar-refractivity contribution is -0.131. The molecule has 0 radical (unpaired) electrons. The van der Waals surface area contributed by atoms with Crippen LogP contribution in [0.3, 0.4) is 0 Å². The van der Waals surface area contributed by atoms with Gasteiger partial charge in [-0.15, -0.1) is 0 Å². The zero-order valence-corrected chi connectivity index (χ0v) is 5.95. The molecule has 56 valence electrons. The van der Waals surface area contributed by atoms with Gasteiger partial charge in [0.25, 0.3) is 0 Å². The van der Waals surface area contributed by atoms with E-state index in [-0.39, 0.29) is 0 Å². The minimum absolute atomic E-state index is 0.593. The molecule has 3 heteroatoms. The molecule has 0 heterocycles. The molecule has 10 heavy (non-hydrogen) atoms. The molecule has 0 aliphatic heterocycles. The Morgan fingerprint density at radius 3 is 2.70 bits per heavy atom. The van der Waals surface area contributed by atoms with Crippen molar-refractivity contribution in [2.75, 3.05) is 7.05 Å². The Labute approximate surface area is 59.9 Å². The van der Waals surface area contributed by atoms with Crippen LogP contribution in [0, 0.1) is 0 Å². The average molecular weight is 141 g/mol. The molecule has 0 unspecified atom stereocenters. The summed E-state index contributed by atoms with van der Waals surface area (Å²) in [6.45, 7) is 0. The van der Waals surface area contributed by atoms with Crippen molar-refractivity contribution in [3.05, 3.63) is 12.3 Å². The molecule has 1 aliphatic rings. The summed E-state index contributed by atoms with van der Waals surface area (Å²) in [4.78, 5) is 12.0. The van der Waals surface area contributed by atoms with Crippen molar-refractivity contribution >= 4 is 5.97 Å². The van der Waals surface area contributed by atoms with E-state index in [2.05, 4.69) is 0 Å². The first-order chi connectivity index (χ1) is 4.70. The monoisotopic (exact) mass is 141 g/mol. The number of nitrogens with zero attached hydrogens (tertiary/aromatic N) is 1. The number of carbonyl (C=O) groups is 1. The van der Waals surface area contributed by atoms with Crippen molar-refractivity contribution < 1.29 is 9.90 Å². The van der Waals surface area contributed by atoms with Crippen LogP contribution in [-0.2, 0) is 4.79 Å². The van der Waals surface area contributed by atoms with Crippen LogP contribution < -0.4 is 0 Å². The first-order valence-electron chi connectivity index (χ1n) is 3.33. The third kappa shape index (κ3) is 2.09. The van der Waals surface area contributed by atoms with Gasteiger partial charge in [0, 0.05) is 25.4 Å². The molecular formula is C7H11NO2. The van der Waals surface area contributed by atoms with Crippen LogP contribution in [0.4, 0.5) is 0 Å². The van der Waals surface area contributed by atoms with E-state index in [0.717, 1.165) is 0 Å². The maximum Gasteiger partial charge on any atom is 0.329 e. The molecule has 1 aliphatic carbocycles.